The maximum absolute atomic E-state index is 9.84. The number of aliphatic hydroxyl groups excluding tert-OH is 1. The summed E-state index contributed by atoms with van der Waals surface area (Å²) in [4.78, 5) is 4.33. The monoisotopic (exact) mass is 236 g/mol. The molecule has 4 nitrogen and oxygen atoms in total. The van der Waals surface area contributed by atoms with Crippen LogP contribution in [0.15, 0.2) is 18.2 Å². The molecule has 0 spiro atoms. The van der Waals surface area contributed by atoms with Crippen molar-refractivity contribution in [3.05, 3.63) is 23.9 Å². The highest BCUT2D eigenvalue weighted by Crippen LogP contribution is 2.18. The lowest BCUT2D eigenvalue weighted by Gasteiger charge is -2.28. The van der Waals surface area contributed by atoms with Gasteiger partial charge in [-0.1, -0.05) is 18.9 Å². The van der Waals surface area contributed by atoms with Gasteiger partial charge >= 0.3 is 0 Å². The van der Waals surface area contributed by atoms with Crippen molar-refractivity contribution in [2.45, 2.75) is 44.4 Å². The topological polar surface area (TPSA) is 54.4 Å². The summed E-state index contributed by atoms with van der Waals surface area (Å²) in [6.45, 7) is 0.679. The molecule has 0 aromatic carbocycles. The molecule has 94 valence electrons. The van der Waals surface area contributed by atoms with Crippen LogP contribution in [0.25, 0.3) is 0 Å². The summed E-state index contributed by atoms with van der Waals surface area (Å²) in [5.74, 6) is 0.633. The van der Waals surface area contributed by atoms with Gasteiger partial charge in [0.05, 0.1) is 18.9 Å². The van der Waals surface area contributed by atoms with Crippen molar-refractivity contribution < 1.29 is 9.84 Å². The summed E-state index contributed by atoms with van der Waals surface area (Å²) < 4.78 is 5.08. The third-order valence-corrected chi connectivity index (χ3v) is 3.27. The molecule has 1 aliphatic rings. The maximum atomic E-state index is 9.84. The molecule has 4 heteroatoms. The molecule has 0 aliphatic heterocycles. The molecule has 1 heterocycles. The molecule has 17 heavy (non-hydrogen) atoms. The molecular formula is C13H20N2O2. The van der Waals surface area contributed by atoms with Crippen molar-refractivity contribution in [2.75, 3.05) is 7.11 Å². The quantitative estimate of drug-likeness (QED) is 0.831. The first kappa shape index (κ1) is 12.3. The second-order valence-corrected chi connectivity index (χ2v) is 4.51. The van der Waals surface area contributed by atoms with Crippen LogP contribution < -0.4 is 10.1 Å². The van der Waals surface area contributed by atoms with Crippen molar-refractivity contribution in [2.24, 2.45) is 0 Å². The van der Waals surface area contributed by atoms with E-state index >= 15 is 0 Å². The van der Waals surface area contributed by atoms with E-state index in [1.54, 1.807) is 7.11 Å². The first-order chi connectivity index (χ1) is 8.29. The van der Waals surface area contributed by atoms with Crippen LogP contribution in [0.1, 0.15) is 31.4 Å². The largest absolute Gasteiger partial charge is 0.481 e. The lowest BCUT2D eigenvalue weighted by Crippen LogP contribution is -2.41. The third-order valence-electron chi connectivity index (χ3n) is 3.27. The first-order valence-electron chi connectivity index (χ1n) is 6.21. The Bertz CT molecular complexity index is 357. The Morgan fingerprint density at radius 2 is 2.24 bits per heavy atom. The van der Waals surface area contributed by atoms with Crippen LogP contribution in [0.3, 0.4) is 0 Å². The minimum absolute atomic E-state index is 0.205. The van der Waals surface area contributed by atoms with E-state index in [1.807, 2.05) is 18.2 Å². The van der Waals surface area contributed by atoms with E-state index in [-0.39, 0.29) is 12.1 Å². The van der Waals surface area contributed by atoms with Gasteiger partial charge in [-0.2, -0.15) is 0 Å². The number of aliphatic hydroxyl groups is 1. The molecule has 2 N–H and O–H groups in total. The lowest BCUT2D eigenvalue weighted by molar-refractivity contribution is 0.0901. The molecule has 2 unspecified atom stereocenters. The van der Waals surface area contributed by atoms with E-state index in [1.165, 1.54) is 6.42 Å². The van der Waals surface area contributed by atoms with Gasteiger partial charge in [-0.25, -0.2) is 4.98 Å². The number of pyridine rings is 1. The van der Waals surface area contributed by atoms with Gasteiger partial charge in [0.2, 0.25) is 5.88 Å². The van der Waals surface area contributed by atoms with Crippen LogP contribution in [0.2, 0.25) is 0 Å². The van der Waals surface area contributed by atoms with Crippen LogP contribution in [0.5, 0.6) is 5.88 Å². The van der Waals surface area contributed by atoms with Gasteiger partial charge in [0.15, 0.2) is 0 Å². The van der Waals surface area contributed by atoms with Gasteiger partial charge in [-0.05, 0) is 18.9 Å². The SMILES string of the molecule is COc1cccc(CNC2CCCCC2O)n1. The molecule has 1 aromatic heterocycles. The average Bonchev–Trinajstić information content (AvgIpc) is 2.38. The van der Waals surface area contributed by atoms with E-state index in [9.17, 15) is 5.11 Å². The zero-order valence-electron chi connectivity index (χ0n) is 10.2. The van der Waals surface area contributed by atoms with Gasteiger partial charge in [0.25, 0.3) is 0 Å². The van der Waals surface area contributed by atoms with E-state index < -0.39 is 0 Å². The summed E-state index contributed by atoms with van der Waals surface area (Å²) in [6, 6.07) is 5.93. The Balaban J connectivity index is 1.88. The highest BCUT2D eigenvalue weighted by molar-refractivity contribution is 5.15. The van der Waals surface area contributed by atoms with Crippen molar-refractivity contribution in [1.29, 1.82) is 0 Å². The molecule has 1 aromatic rings. The fourth-order valence-electron chi connectivity index (χ4n) is 2.25. The van der Waals surface area contributed by atoms with Crippen LogP contribution in [0.4, 0.5) is 0 Å². The van der Waals surface area contributed by atoms with Crippen molar-refractivity contribution >= 4 is 0 Å². The van der Waals surface area contributed by atoms with Crippen LogP contribution in [0, 0.1) is 0 Å². The number of nitrogens with zero attached hydrogens (tertiary/aromatic N) is 1. The van der Waals surface area contributed by atoms with Crippen LogP contribution in [-0.2, 0) is 6.54 Å². The molecule has 1 aliphatic carbocycles. The predicted octanol–water partition coefficient (Wildman–Crippen LogP) is 1.48. The second kappa shape index (κ2) is 5.98. The number of nitrogens with one attached hydrogen (secondary N) is 1. The van der Waals surface area contributed by atoms with E-state index in [2.05, 4.69) is 10.3 Å². The zero-order valence-corrected chi connectivity index (χ0v) is 10.2. The van der Waals surface area contributed by atoms with Gasteiger partial charge in [0, 0.05) is 18.7 Å². The fourth-order valence-corrected chi connectivity index (χ4v) is 2.25. The second-order valence-electron chi connectivity index (χ2n) is 4.51. The van der Waals surface area contributed by atoms with Crippen molar-refractivity contribution in [3.8, 4) is 5.88 Å². The standard InChI is InChI=1S/C13H20N2O2/c1-17-13-8-4-5-10(15-13)9-14-11-6-2-3-7-12(11)16/h4-5,8,11-12,14,16H,2-3,6-7,9H2,1H3. The Labute approximate surface area is 102 Å². The highest BCUT2D eigenvalue weighted by atomic mass is 16.5. The summed E-state index contributed by atoms with van der Waals surface area (Å²) >= 11 is 0. The molecule has 0 amide bonds. The first-order valence-corrected chi connectivity index (χ1v) is 6.21. The number of methoxy groups -OCH3 is 1. The highest BCUT2D eigenvalue weighted by Gasteiger charge is 2.22. The van der Waals surface area contributed by atoms with Crippen LogP contribution >= 0.6 is 0 Å². The smallest absolute Gasteiger partial charge is 0.213 e. The van der Waals surface area contributed by atoms with E-state index in [0.717, 1.165) is 25.0 Å². The minimum Gasteiger partial charge on any atom is -0.481 e. The van der Waals surface area contributed by atoms with Gasteiger partial charge in [-0.15, -0.1) is 0 Å². The van der Waals surface area contributed by atoms with E-state index in [4.69, 9.17) is 4.74 Å². The maximum Gasteiger partial charge on any atom is 0.213 e. The molecule has 0 saturated heterocycles. The van der Waals surface area contributed by atoms with Crippen molar-refractivity contribution in [3.63, 3.8) is 0 Å². The Morgan fingerprint density at radius 1 is 1.41 bits per heavy atom. The molecule has 0 bridgehead atoms. The van der Waals surface area contributed by atoms with E-state index in [0.29, 0.717) is 12.4 Å². The molecular weight excluding hydrogens is 216 g/mol. The normalized spacial score (nSPS) is 24.6. The van der Waals surface area contributed by atoms with Crippen molar-refractivity contribution in [1.82, 2.24) is 10.3 Å². The number of aromatic nitrogens is 1. The predicted molar refractivity (Wildman–Crippen MR) is 65.9 cm³/mol. The van der Waals surface area contributed by atoms with Crippen LogP contribution in [-0.4, -0.2) is 29.3 Å². The fraction of sp³-hybridized carbons (Fsp3) is 0.615. The van der Waals surface area contributed by atoms with Gasteiger partial charge in [-0.3, -0.25) is 0 Å². The minimum atomic E-state index is -0.214. The summed E-state index contributed by atoms with van der Waals surface area (Å²) in [6.07, 6.45) is 4.07. The molecule has 1 saturated carbocycles. The lowest BCUT2D eigenvalue weighted by atomic mass is 9.92. The number of hydrogen-bond acceptors (Lipinski definition) is 4. The van der Waals surface area contributed by atoms with Gasteiger partial charge < -0.3 is 15.2 Å². The Morgan fingerprint density at radius 3 is 3.00 bits per heavy atom. The molecule has 2 rings (SSSR count). The molecule has 1 fully saturated rings. The zero-order chi connectivity index (χ0) is 12.1. The summed E-state index contributed by atoms with van der Waals surface area (Å²) in [5.41, 5.74) is 0.946. The number of ether oxygens (including phenoxy) is 1. The third kappa shape index (κ3) is 3.41. The Hall–Kier alpha value is -1.13. The Kier molecular flexibility index (Phi) is 4.34. The number of rotatable bonds is 4. The van der Waals surface area contributed by atoms with Gasteiger partial charge in [0.1, 0.15) is 0 Å². The average molecular weight is 236 g/mol. The number of hydrogen-bond donors (Lipinski definition) is 2. The molecule has 0 radical (unpaired) electrons. The summed E-state index contributed by atoms with van der Waals surface area (Å²) in [7, 11) is 1.62. The summed E-state index contributed by atoms with van der Waals surface area (Å²) in [5, 5.41) is 13.2. The molecule has 2 atom stereocenters.